The lowest BCUT2D eigenvalue weighted by atomic mass is 9.99. The van der Waals surface area contributed by atoms with Crippen LogP contribution in [0.3, 0.4) is 0 Å². The topological polar surface area (TPSA) is 59.8 Å². The van der Waals surface area contributed by atoms with Crippen LogP contribution in [0.1, 0.15) is 33.4 Å². The number of para-hydroxylation sites is 1. The van der Waals surface area contributed by atoms with Gasteiger partial charge in [0.05, 0.1) is 27.7 Å². The summed E-state index contributed by atoms with van der Waals surface area (Å²) in [6.07, 6.45) is 0. The van der Waals surface area contributed by atoms with E-state index in [0.717, 1.165) is 44.0 Å². The molecule has 192 valence electrons. The number of fused-ring (bicyclic) bond motifs is 1. The minimum Gasteiger partial charge on any atom is -0.310 e. The number of amides is 1. The van der Waals surface area contributed by atoms with Crippen molar-refractivity contribution in [3.63, 3.8) is 0 Å². The molecule has 0 aliphatic heterocycles. The van der Waals surface area contributed by atoms with Crippen LogP contribution in [0.5, 0.6) is 0 Å². The molecular formula is C32H32N4OS. The molecule has 1 amide bonds. The number of thioether (sulfide) groups is 1. The van der Waals surface area contributed by atoms with Crippen molar-refractivity contribution in [1.82, 2.24) is 14.8 Å². The van der Waals surface area contributed by atoms with Crippen LogP contribution in [0.15, 0.2) is 71.8 Å². The molecule has 0 saturated carbocycles. The molecular weight excluding hydrogens is 488 g/mol. The Morgan fingerprint density at radius 1 is 0.816 bits per heavy atom. The predicted octanol–water partition coefficient (Wildman–Crippen LogP) is 7.67. The van der Waals surface area contributed by atoms with Crippen LogP contribution in [0.4, 0.5) is 5.82 Å². The van der Waals surface area contributed by atoms with Crippen LogP contribution in [0.2, 0.25) is 0 Å². The molecule has 0 saturated heterocycles. The summed E-state index contributed by atoms with van der Waals surface area (Å²) in [6.45, 7) is 12.6. The number of rotatable bonds is 6. The number of benzene rings is 3. The van der Waals surface area contributed by atoms with E-state index in [-0.39, 0.29) is 11.7 Å². The number of hydrogen-bond acceptors (Lipinski definition) is 4. The van der Waals surface area contributed by atoms with Crippen LogP contribution in [-0.4, -0.2) is 26.4 Å². The first kappa shape index (κ1) is 25.7. The Bertz CT molecular complexity index is 1670. The summed E-state index contributed by atoms with van der Waals surface area (Å²) in [5.41, 5.74) is 10.9. The second kappa shape index (κ2) is 10.5. The highest BCUT2D eigenvalue weighted by atomic mass is 32.2. The van der Waals surface area contributed by atoms with E-state index in [0.29, 0.717) is 5.82 Å². The van der Waals surface area contributed by atoms with Crippen molar-refractivity contribution >= 4 is 34.4 Å². The molecule has 0 bridgehead atoms. The third-order valence-electron chi connectivity index (χ3n) is 6.88. The first-order valence-electron chi connectivity index (χ1n) is 12.7. The highest BCUT2D eigenvalue weighted by Gasteiger charge is 2.16. The van der Waals surface area contributed by atoms with Crippen molar-refractivity contribution in [2.75, 3.05) is 11.1 Å². The van der Waals surface area contributed by atoms with E-state index in [2.05, 4.69) is 77.2 Å². The monoisotopic (exact) mass is 520 g/mol. The fraction of sp³-hybridized carbons (Fsp3) is 0.219. The van der Waals surface area contributed by atoms with Gasteiger partial charge in [0.15, 0.2) is 0 Å². The fourth-order valence-corrected chi connectivity index (χ4v) is 5.58. The van der Waals surface area contributed by atoms with E-state index in [1.165, 1.54) is 34.0 Å². The van der Waals surface area contributed by atoms with Gasteiger partial charge >= 0.3 is 0 Å². The number of anilines is 1. The molecule has 0 spiro atoms. The number of pyridine rings is 1. The van der Waals surface area contributed by atoms with Gasteiger partial charge in [0.2, 0.25) is 5.91 Å². The van der Waals surface area contributed by atoms with Crippen molar-refractivity contribution in [3.05, 3.63) is 100 Å². The first-order valence-corrected chi connectivity index (χ1v) is 13.7. The molecule has 38 heavy (non-hydrogen) atoms. The number of aromatic nitrogens is 3. The van der Waals surface area contributed by atoms with Gasteiger partial charge in [-0.15, -0.1) is 0 Å². The lowest BCUT2D eigenvalue weighted by Gasteiger charge is -2.11. The Kier molecular flexibility index (Phi) is 7.09. The Balaban J connectivity index is 1.41. The molecule has 1 N–H and O–H groups in total. The fourth-order valence-electron chi connectivity index (χ4n) is 4.81. The summed E-state index contributed by atoms with van der Waals surface area (Å²) in [6, 6.07) is 22.6. The molecule has 6 heteroatoms. The third-order valence-corrected chi connectivity index (χ3v) is 7.79. The van der Waals surface area contributed by atoms with Crippen LogP contribution in [0, 0.1) is 41.5 Å². The largest absolute Gasteiger partial charge is 0.310 e. The number of hydrogen-bond donors (Lipinski definition) is 1. The average molecular weight is 521 g/mol. The van der Waals surface area contributed by atoms with Crippen LogP contribution in [-0.2, 0) is 4.79 Å². The van der Waals surface area contributed by atoms with E-state index in [9.17, 15) is 4.79 Å². The van der Waals surface area contributed by atoms with Crippen molar-refractivity contribution in [1.29, 1.82) is 0 Å². The van der Waals surface area contributed by atoms with E-state index >= 15 is 0 Å². The molecule has 5 rings (SSSR count). The second-order valence-corrected chi connectivity index (χ2v) is 11.0. The molecule has 2 heterocycles. The Labute approximate surface area is 228 Å². The summed E-state index contributed by atoms with van der Waals surface area (Å²) in [7, 11) is 0. The highest BCUT2D eigenvalue weighted by Crippen LogP contribution is 2.30. The quantitative estimate of drug-likeness (QED) is 0.233. The molecule has 5 aromatic rings. The normalized spacial score (nSPS) is 11.2. The van der Waals surface area contributed by atoms with Gasteiger partial charge in [-0.3, -0.25) is 4.79 Å². The maximum Gasteiger partial charge on any atom is 0.235 e. The van der Waals surface area contributed by atoms with Gasteiger partial charge in [0.25, 0.3) is 0 Å². The van der Waals surface area contributed by atoms with E-state index in [1.807, 2.05) is 36.4 Å². The van der Waals surface area contributed by atoms with Gasteiger partial charge < -0.3 is 5.32 Å². The van der Waals surface area contributed by atoms with E-state index in [4.69, 9.17) is 10.1 Å². The highest BCUT2D eigenvalue weighted by molar-refractivity contribution is 7.99. The van der Waals surface area contributed by atoms with Gasteiger partial charge in [0.1, 0.15) is 5.82 Å². The van der Waals surface area contributed by atoms with Crippen LogP contribution in [0.25, 0.3) is 27.8 Å². The molecule has 0 atom stereocenters. The standard InChI is InChI=1S/C32H32N4OS/c1-19-12-24(6)32-27(13-19)23(5)16-31(34-32)38-18-30(37)33-29-17-28(26-15-21(3)20(2)14-22(26)4)35-36(29)25-10-8-7-9-11-25/h7-17H,18H2,1-6H3,(H,33,37). The summed E-state index contributed by atoms with van der Waals surface area (Å²) < 4.78 is 1.80. The number of carbonyl (C=O) groups is 1. The van der Waals surface area contributed by atoms with Gasteiger partial charge in [-0.2, -0.15) is 5.10 Å². The van der Waals surface area contributed by atoms with E-state index < -0.39 is 0 Å². The van der Waals surface area contributed by atoms with Gasteiger partial charge in [-0.05, 0) is 99.7 Å². The Morgan fingerprint density at radius 3 is 2.32 bits per heavy atom. The number of carbonyl (C=O) groups excluding carboxylic acids is 1. The summed E-state index contributed by atoms with van der Waals surface area (Å²) in [5.74, 6) is 0.792. The van der Waals surface area contributed by atoms with Crippen molar-refractivity contribution in [3.8, 4) is 16.9 Å². The molecule has 5 nitrogen and oxygen atoms in total. The van der Waals surface area contributed by atoms with Crippen molar-refractivity contribution < 1.29 is 4.79 Å². The van der Waals surface area contributed by atoms with Crippen molar-refractivity contribution in [2.45, 2.75) is 46.6 Å². The molecule has 3 aromatic carbocycles. The molecule has 0 fully saturated rings. The third kappa shape index (κ3) is 5.22. The number of nitrogens with one attached hydrogen (secondary N) is 1. The molecule has 0 unspecified atom stereocenters. The lowest BCUT2D eigenvalue weighted by molar-refractivity contribution is -0.113. The summed E-state index contributed by atoms with van der Waals surface area (Å²) in [4.78, 5) is 18.0. The first-order chi connectivity index (χ1) is 18.2. The van der Waals surface area contributed by atoms with Crippen LogP contribution < -0.4 is 5.32 Å². The second-order valence-electron chi connectivity index (χ2n) is 10.0. The van der Waals surface area contributed by atoms with Gasteiger partial charge in [-0.1, -0.05) is 47.7 Å². The Hall–Kier alpha value is -3.90. The average Bonchev–Trinajstić information content (AvgIpc) is 3.29. The maximum atomic E-state index is 13.1. The molecule has 0 aliphatic rings. The lowest BCUT2D eigenvalue weighted by Crippen LogP contribution is -2.17. The predicted molar refractivity (Wildman–Crippen MR) is 159 cm³/mol. The van der Waals surface area contributed by atoms with Gasteiger partial charge in [-0.25, -0.2) is 9.67 Å². The molecule has 0 aliphatic carbocycles. The minimum atomic E-state index is -0.101. The smallest absolute Gasteiger partial charge is 0.235 e. The molecule has 0 radical (unpaired) electrons. The zero-order valence-corrected chi connectivity index (χ0v) is 23.5. The number of nitrogens with zero attached hydrogens (tertiary/aromatic N) is 3. The SMILES string of the molecule is Cc1cc(C)c2nc(SCC(=O)Nc3cc(-c4cc(C)c(C)cc4C)nn3-c3ccccc3)cc(C)c2c1. The van der Waals surface area contributed by atoms with Gasteiger partial charge in [0, 0.05) is 17.0 Å². The van der Waals surface area contributed by atoms with Crippen molar-refractivity contribution in [2.24, 2.45) is 0 Å². The minimum absolute atomic E-state index is 0.101. The number of aryl methyl sites for hydroxylation is 6. The van der Waals surface area contributed by atoms with E-state index in [1.54, 1.807) is 4.68 Å². The molecule has 2 aromatic heterocycles. The summed E-state index contributed by atoms with van der Waals surface area (Å²) in [5, 5.41) is 10.0. The summed E-state index contributed by atoms with van der Waals surface area (Å²) >= 11 is 1.45. The zero-order chi connectivity index (χ0) is 27.0. The Morgan fingerprint density at radius 2 is 1.55 bits per heavy atom. The maximum absolute atomic E-state index is 13.1. The van der Waals surface area contributed by atoms with Crippen LogP contribution >= 0.6 is 11.8 Å². The zero-order valence-electron chi connectivity index (χ0n) is 22.7.